The molecule has 0 spiro atoms. The smallest absolute Gasteiger partial charge is 0.336 e. The molecule has 12 heteroatoms. The van der Waals surface area contributed by atoms with Crippen LogP contribution in [0.15, 0.2) is 56.8 Å². The van der Waals surface area contributed by atoms with Crippen molar-refractivity contribution in [1.82, 2.24) is 19.0 Å². The Morgan fingerprint density at radius 3 is 2.45 bits per heavy atom. The number of rotatable bonds is 6. The molecule has 2 amide bonds. The number of pyridine rings is 1. The number of carbonyl (C=O) groups excluding carboxylic acids is 1. The predicted molar refractivity (Wildman–Crippen MR) is 160 cm³/mol. The van der Waals surface area contributed by atoms with Crippen LogP contribution in [0.3, 0.4) is 0 Å². The van der Waals surface area contributed by atoms with E-state index < -0.39 is 22.6 Å². The van der Waals surface area contributed by atoms with Crippen LogP contribution in [0, 0.1) is 16.3 Å². The highest BCUT2D eigenvalue weighted by atomic mass is 127. The zero-order chi connectivity index (χ0) is 28.3. The highest BCUT2D eigenvalue weighted by molar-refractivity contribution is 14.1. The number of nitrogens with zero attached hydrogens (tertiary/aromatic N) is 3. The van der Waals surface area contributed by atoms with Crippen LogP contribution in [0.4, 0.5) is 26.4 Å². The molecule has 2 aromatic carbocycles. The molecule has 2 aliphatic carbocycles. The van der Waals surface area contributed by atoms with Gasteiger partial charge in [0.05, 0.1) is 16.9 Å². The molecule has 0 radical (unpaired) electrons. The van der Waals surface area contributed by atoms with E-state index in [-0.39, 0.29) is 46.1 Å². The van der Waals surface area contributed by atoms with E-state index in [0.717, 1.165) is 12.8 Å². The van der Waals surface area contributed by atoms with Crippen molar-refractivity contribution in [3.05, 3.63) is 88.6 Å². The van der Waals surface area contributed by atoms with Crippen LogP contribution in [0.5, 0.6) is 0 Å². The third kappa shape index (κ3) is 4.69. The first-order valence-corrected chi connectivity index (χ1v) is 14.0. The highest BCUT2D eigenvalue weighted by Crippen LogP contribution is 2.34. The number of amides is 2. The zero-order valence-electron chi connectivity index (χ0n) is 21.8. The molecule has 10 nitrogen and oxygen atoms in total. The van der Waals surface area contributed by atoms with E-state index in [1.54, 1.807) is 37.3 Å². The van der Waals surface area contributed by atoms with E-state index in [1.165, 1.54) is 32.9 Å². The fourth-order valence-corrected chi connectivity index (χ4v) is 5.33. The molecule has 3 N–H and O–H groups in total. The minimum absolute atomic E-state index is 0.0805. The van der Waals surface area contributed by atoms with Gasteiger partial charge in [0.1, 0.15) is 17.0 Å². The van der Waals surface area contributed by atoms with Gasteiger partial charge in [0.2, 0.25) is 0 Å². The van der Waals surface area contributed by atoms with Crippen LogP contribution in [-0.2, 0) is 7.05 Å². The number of benzene rings is 2. The summed E-state index contributed by atoms with van der Waals surface area (Å²) in [5, 5.41) is 8.69. The third-order valence-electron chi connectivity index (χ3n) is 7.21. The van der Waals surface area contributed by atoms with E-state index in [2.05, 4.69) is 16.0 Å². The Labute approximate surface area is 241 Å². The summed E-state index contributed by atoms with van der Waals surface area (Å²) >= 11 is 2.00. The van der Waals surface area contributed by atoms with E-state index in [9.17, 15) is 23.6 Å². The normalized spacial score (nSPS) is 14.8. The number of nitrogens with one attached hydrogen (secondary N) is 3. The summed E-state index contributed by atoms with van der Waals surface area (Å²) in [4.78, 5) is 53.7. The fraction of sp³-hybridized carbons (Fsp3) is 0.286. The van der Waals surface area contributed by atoms with Crippen LogP contribution in [0.2, 0.25) is 0 Å². The van der Waals surface area contributed by atoms with Crippen molar-refractivity contribution >= 4 is 56.7 Å². The molecule has 0 saturated heterocycles. The predicted octanol–water partition coefficient (Wildman–Crippen LogP) is 4.27. The van der Waals surface area contributed by atoms with Crippen molar-refractivity contribution < 1.29 is 9.18 Å². The molecule has 0 aliphatic heterocycles. The van der Waals surface area contributed by atoms with Gasteiger partial charge >= 0.3 is 11.7 Å². The lowest BCUT2D eigenvalue weighted by Crippen LogP contribution is -2.41. The van der Waals surface area contributed by atoms with Crippen LogP contribution in [0.1, 0.15) is 37.3 Å². The number of halogens is 2. The Hall–Kier alpha value is -3.94. The summed E-state index contributed by atoms with van der Waals surface area (Å²) in [5.74, 6) is -0.468. The van der Waals surface area contributed by atoms with Crippen molar-refractivity contribution in [2.45, 2.75) is 44.7 Å². The first kappa shape index (κ1) is 26.3. The molecule has 2 saturated carbocycles. The fourth-order valence-electron chi connectivity index (χ4n) is 4.88. The average molecular weight is 656 g/mol. The van der Waals surface area contributed by atoms with Gasteiger partial charge in [-0.05, 0) is 91.6 Å². The molecule has 6 rings (SSSR count). The molecule has 2 aromatic heterocycles. The van der Waals surface area contributed by atoms with Crippen molar-refractivity contribution in [3.63, 3.8) is 0 Å². The molecule has 2 aliphatic rings. The number of hydrogen-bond acceptors (Lipinski definition) is 5. The van der Waals surface area contributed by atoms with Crippen molar-refractivity contribution in [1.29, 1.82) is 0 Å². The maximum atomic E-state index is 14.9. The quantitative estimate of drug-likeness (QED) is 0.268. The third-order valence-corrected chi connectivity index (χ3v) is 7.89. The van der Waals surface area contributed by atoms with E-state index in [0.29, 0.717) is 27.8 Å². The highest BCUT2D eigenvalue weighted by Gasteiger charge is 2.32. The number of urea groups is 1. The zero-order valence-corrected chi connectivity index (χ0v) is 23.9. The summed E-state index contributed by atoms with van der Waals surface area (Å²) in [6.07, 6.45) is 3.22. The Bertz CT molecular complexity index is 1890. The maximum absolute atomic E-state index is 14.9. The number of aromatic nitrogens is 3. The lowest BCUT2D eigenvalue weighted by Gasteiger charge is -2.21. The standard InChI is InChI=1S/C28H26FIN6O4/c1-14-23-22(24(34(2)25(14)37)33-21-11-6-15(30)12-20(21)29)26(38)36(18-9-10-18)28(40)35(23)19-5-3-4-17(13-19)32-27(39)31-16-7-8-16/h3-6,11-13,16,18,33H,7-10H2,1-2H3,(H2,31,32,39). The SMILES string of the molecule is Cc1c(=O)n(C)c(Nc2ccc(I)cc2F)c2c(=O)n(C3CC3)c(=O)n(-c3cccc(NC(=O)NC4CC4)c3)c12. The number of anilines is 3. The first-order valence-electron chi connectivity index (χ1n) is 12.9. The minimum atomic E-state index is -0.581. The van der Waals surface area contributed by atoms with Gasteiger partial charge in [-0.25, -0.2) is 14.0 Å². The Morgan fingerprint density at radius 1 is 1.02 bits per heavy atom. The van der Waals surface area contributed by atoms with Crippen LogP contribution in [-0.4, -0.2) is 25.8 Å². The van der Waals surface area contributed by atoms with Gasteiger partial charge < -0.3 is 16.0 Å². The molecule has 206 valence electrons. The summed E-state index contributed by atoms with van der Waals surface area (Å²) in [6.45, 7) is 1.56. The van der Waals surface area contributed by atoms with Crippen LogP contribution >= 0.6 is 22.6 Å². The van der Waals surface area contributed by atoms with Gasteiger partial charge in [-0.1, -0.05) is 6.07 Å². The summed E-state index contributed by atoms with van der Waals surface area (Å²) in [6, 6.07) is 10.8. The lowest BCUT2D eigenvalue weighted by molar-refractivity contribution is 0.251. The monoisotopic (exact) mass is 656 g/mol. The van der Waals surface area contributed by atoms with Crippen LogP contribution < -0.4 is 32.8 Å². The first-order chi connectivity index (χ1) is 19.1. The molecule has 2 fully saturated rings. The molecule has 2 heterocycles. The van der Waals surface area contributed by atoms with E-state index in [4.69, 9.17) is 0 Å². The lowest BCUT2D eigenvalue weighted by atomic mass is 10.1. The topological polar surface area (TPSA) is 119 Å². The Morgan fingerprint density at radius 2 is 1.77 bits per heavy atom. The average Bonchev–Trinajstić information content (AvgIpc) is 3.84. The van der Waals surface area contributed by atoms with Gasteiger partial charge in [-0.3, -0.25) is 23.3 Å². The van der Waals surface area contributed by atoms with Crippen molar-refractivity contribution in [3.8, 4) is 5.69 Å². The van der Waals surface area contributed by atoms with Crippen LogP contribution in [0.25, 0.3) is 16.6 Å². The van der Waals surface area contributed by atoms with Crippen molar-refractivity contribution in [2.75, 3.05) is 10.6 Å². The number of hydrogen-bond donors (Lipinski definition) is 3. The molecule has 4 aromatic rings. The van der Waals surface area contributed by atoms with Gasteiger partial charge in [0.25, 0.3) is 11.1 Å². The van der Waals surface area contributed by atoms with E-state index in [1.807, 2.05) is 22.6 Å². The number of aryl methyl sites for hydroxylation is 1. The molecule has 40 heavy (non-hydrogen) atoms. The minimum Gasteiger partial charge on any atom is -0.338 e. The number of fused-ring (bicyclic) bond motifs is 1. The molecule has 0 bridgehead atoms. The Balaban J connectivity index is 1.61. The van der Waals surface area contributed by atoms with Gasteiger partial charge in [0, 0.05) is 34.0 Å². The summed E-state index contributed by atoms with van der Waals surface area (Å²) in [5.41, 5.74) is -0.362. The van der Waals surface area contributed by atoms with Gasteiger partial charge in [-0.15, -0.1) is 0 Å². The number of carbonyl (C=O) groups is 1. The van der Waals surface area contributed by atoms with Crippen molar-refractivity contribution in [2.24, 2.45) is 7.05 Å². The molecule has 0 unspecified atom stereocenters. The second-order valence-electron chi connectivity index (χ2n) is 10.3. The molecular weight excluding hydrogens is 630 g/mol. The largest absolute Gasteiger partial charge is 0.338 e. The maximum Gasteiger partial charge on any atom is 0.336 e. The molecule has 0 atom stereocenters. The summed E-state index contributed by atoms with van der Waals surface area (Å²) < 4.78 is 19.4. The van der Waals surface area contributed by atoms with E-state index >= 15 is 0 Å². The second-order valence-corrected chi connectivity index (χ2v) is 11.5. The second kappa shape index (κ2) is 9.91. The Kier molecular flexibility index (Phi) is 6.51. The molecular formula is C28H26FIN6O4. The summed E-state index contributed by atoms with van der Waals surface area (Å²) in [7, 11) is 1.50. The van der Waals surface area contributed by atoms with Gasteiger partial charge in [-0.2, -0.15) is 0 Å². The van der Waals surface area contributed by atoms with Gasteiger partial charge in [0.15, 0.2) is 0 Å².